The van der Waals surface area contributed by atoms with Crippen molar-refractivity contribution in [2.45, 2.75) is 13.3 Å². The molecule has 6 nitrogen and oxygen atoms in total. The van der Waals surface area contributed by atoms with E-state index in [1.54, 1.807) is 0 Å². The molecule has 0 spiro atoms. The van der Waals surface area contributed by atoms with Gasteiger partial charge in [-0.3, -0.25) is 4.79 Å². The molecule has 0 radical (unpaired) electrons. The smallest absolute Gasteiger partial charge is 0.396 e. The van der Waals surface area contributed by atoms with Gasteiger partial charge in [-0.05, 0) is 16.8 Å². The fourth-order valence-corrected chi connectivity index (χ4v) is 1.07. The van der Waals surface area contributed by atoms with E-state index in [-0.39, 0.29) is 17.4 Å². The Hall–Kier alpha value is -2.19. The second kappa shape index (κ2) is 4.36. The van der Waals surface area contributed by atoms with Crippen LogP contribution in [0.15, 0.2) is 6.20 Å². The first-order valence-electron chi connectivity index (χ1n) is 4.11. The van der Waals surface area contributed by atoms with Gasteiger partial charge in [0.05, 0.1) is 5.56 Å². The molecule has 0 fully saturated rings. The maximum atomic E-state index is 12.0. The van der Waals surface area contributed by atoms with Crippen molar-refractivity contribution in [3.63, 3.8) is 0 Å². The number of nitrogens with zero attached hydrogens (tertiary/aromatic N) is 2. The van der Waals surface area contributed by atoms with Crippen LogP contribution in [-0.2, 0) is 0 Å². The molecule has 0 aliphatic rings. The largest absolute Gasteiger partial charge is 0.573 e. The Bertz CT molecular complexity index is 473. The van der Waals surface area contributed by atoms with Crippen molar-refractivity contribution in [2.24, 2.45) is 0 Å². The second-order valence-electron chi connectivity index (χ2n) is 2.91. The fourth-order valence-electron chi connectivity index (χ4n) is 1.07. The maximum Gasteiger partial charge on any atom is 0.573 e. The molecule has 0 amide bonds. The molecule has 17 heavy (non-hydrogen) atoms. The minimum Gasteiger partial charge on any atom is -0.396 e. The summed E-state index contributed by atoms with van der Waals surface area (Å²) >= 11 is 0. The molecule has 0 N–H and O–H groups in total. The van der Waals surface area contributed by atoms with Crippen LogP contribution in [0.3, 0.4) is 0 Å². The number of pyridine rings is 1. The molecule has 1 aromatic heterocycles. The Kier molecular flexibility index (Phi) is 3.30. The summed E-state index contributed by atoms with van der Waals surface area (Å²) in [5.74, 6) is -2.17. The van der Waals surface area contributed by atoms with Gasteiger partial charge in [-0.25, -0.2) is 0 Å². The summed E-state index contributed by atoms with van der Waals surface area (Å²) in [5, 5.41) is 10.5. The summed E-state index contributed by atoms with van der Waals surface area (Å²) < 4.78 is 39.6. The molecule has 0 aromatic carbocycles. The summed E-state index contributed by atoms with van der Waals surface area (Å²) in [7, 11) is 0. The van der Waals surface area contributed by atoms with Gasteiger partial charge in [0.15, 0.2) is 12.5 Å². The highest BCUT2D eigenvalue weighted by Crippen LogP contribution is 2.34. The lowest BCUT2D eigenvalue weighted by molar-refractivity contribution is -0.393. The molecule has 0 bridgehead atoms. The number of aldehydes is 1. The molecule has 0 saturated carbocycles. The lowest BCUT2D eigenvalue weighted by atomic mass is 10.1. The first-order valence-corrected chi connectivity index (χ1v) is 4.11. The Balaban J connectivity index is 3.40. The van der Waals surface area contributed by atoms with Crippen LogP contribution in [-0.4, -0.2) is 22.6 Å². The molecule has 0 unspecified atom stereocenters. The average Bonchev–Trinajstić information content (AvgIpc) is 2.18. The van der Waals surface area contributed by atoms with Crippen molar-refractivity contribution in [1.29, 1.82) is 0 Å². The third-order valence-electron chi connectivity index (χ3n) is 1.82. The number of halogens is 3. The van der Waals surface area contributed by atoms with Gasteiger partial charge < -0.3 is 14.9 Å². The van der Waals surface area contributed by atoms with Crippen LogP contribution in [0.4, 0.5) is 19.0 Å². The number of carbonyl (C=O) groups excluding carboxylic acids is 1. The maximum absolute atomic E-state index is 12.0. The highest BCUT2D eigenvalue weighted by molar-refractivity contribution is 5.78. The fraction of sp³-hybridized carbons (Fsp3) is 0.250. The first kappa shape index (κ1) is 12.9. The summed E-state index contributed by atoms with van der Waals surface area (Å²) in [6.07, 6.45) is -4.06. The second-order valence-corrected chi connectivity index (χ2v) is 2.91. The van der Waals surface area contributed by atoms with Gasteiger partial charge >= 0.3 is 12.2 Å². The van der Waals surface area contributed by atoms with E-state index in [0.717, 1.165) is 13.1 Å². The van der Waals surface area contributed by atoms with Crippen molar-refractivity contribution in [3.05, 3.63) is 27.4 Å². The standard InChI is InChI=1S/C8H5F3N2O4/c1-4-5(3-14)2-12-7(13(15)16)6(4)17-8(9,10)11/h2-3H,1H3. The van der Waals surface area contributed by atoms with Crippen molar-refractivity contribution in [3.8, 4) is 5.75 Å². The lowest BCUT2D eigenvalue weighted by Crippen LogP contribution is -2.19. The molecule has 1 aromatic rings. The SMILES string of the molecule is Cc1c(C=O)cnc([N+](=O)[O-])c1OC(F)(F)F. The van der Waals surface area contributed by atoms with Gasteiger partial charge in [0.1, 0.15) is 0 Å². The van der Waals surface area contributed by atoms with Crippen LogP contribution in [0.5, 0.6) is 5.75 Å². The van der Waals surface area contributed by atoms with E-state index in [1.807, 2.05) is 0 Å². The zero-order valence-corrected chi connectivity index (χ0v) is 8.32. The quantitative estimate of drug-likeness (QED) is 0.465. The summed E-state index contributed by atoms with van der Waals surface area (Å²) in [5.41, 5.74) is -0.506. The lowest BCUT2D eigenvalue weighted by Gasteiger charge is -2.11. The number of alkyl halides is 3. The Morgan fingerprint density at radius 2 is 2.12 bits per heavy atom. The average molecular weight is 250 g/mol. The van der Waals surface area contributed by atoms with Crippen LogP contribution in [0.25, 0.3) is 0 Å². The summed E-state index contributed by atoms with van der Waals surface area (Å²) in [6.45, 7) is 1.10. The summed E-state index contributed by atoms with van der Waals surface area (Å²) in [4.78, 5) is 23.0. The van der Waals surface area contributed by atoms with Crippen molar-refractivity contribution < 1.29 is 27.6 Å². The number of rotatable bonds is 3. The van der Waals surface area contributed by atoms with E-state index in [0.29, 0.717) is 0 Å². The van der Waals surface area contributed by atoms with Gasteiger partial charge in [-0.2, -0.15) is 0 Å². The van der Waals surface area contributed by atoms with E-state index in [4.69, 9.17) is 0 Å². The van der Waals surface area contributed by atoms with Gasteiger partial charge in [0, 0.05) is 5.56 Å². The van der Waals surface area contributed by atoms with Crippen LogP contribution in [0.1, 0.15) is 15.9 Å². The molecule has 1 heterocycles. The van der Waals surface area contributed by atoms with Gasteiger partial charge in [0.25, 0.3) is 0 Å². The summed E-state index contributed by atoms with van der Waals surface area (Å²) in [6, 6.07) is 0. The number of aromatic nitrogens is 1. The highest BCUT2D eigenvalue weighted by atomic mass is 19.4. The van der Waals surface area contributed by atoms with Crippen LogP contribution in [0.2, 0.25) is 0 Å². The van der Waals surface area contributed by atoms with Crippen LogP contribution >= 0.6 is 0 Å². The molecule has 0 aliphatic carbocycles. The van der Waals surface area contributed by atoms with Gasteiger partial charge in [-0.15, -0.1) is 13.2 Å². The molecular weight excluding hydrogens is 245 g/mol. The molecule has 9 heteroatoms. The van der Waals surface area contributed by atoms with Crippen LogP contribution in [0, 0.1) is 17.0 Å². The van der Waals surface area contributed by atoms with Crippen LogP contribution < -0.4 is 4.74 Å². The molecule has 0 aliphatic heterocycles. The predicted molar refractivity (Wildman–Crippen MR) is 47.7 cm³/mol. The number of hydrogen-bond donors (Lipinski definition) is 0. The molecule has 92 valence electrons. The zero-order valence-electron chi connectivity index (χ0n) is 8.32. The number of nitro groups is 1. The van der Waals surface area contributed by atoms with E-state index in [2.05, 4.69) is 9.72 Å². The zero-order chi connectivity index (χ0) is 13.2. The number of hydrogen-bond acceptors (Lipinski definition) is 5. The number of carbonyl (C=O) groups is 1. The third kappa shape index (κ3) is 2.89. The highest BCUT2D eigenvalue weighted by Gasteiger charge is 2.36. The Labute approximate surface area is 92.2 Å². The topological polar surface area (TPSA) is 82.3 Å². The monoisotopic (exact) mass is 250 g/mol. The van der Waals surface area contributed by atoms with E-state index < -0.39 is 22.9 Å². The van der Waals surface area contributed by atoms with Crippen molar-refractivity contribution in [2.75, 3.05) is 0 Å². The third-order valence-corrected chi connectivity index (χ3v) is 1.82. The van der Waals surface area contributed by atoms with Gasteiger partial charge in [0.2, 0.25) is 5.75 Å². The first-order chi connectivity index (χ1) is 7.76. The Morgan fingerprint density at radius 3 is 2.53 bits per heavy atom. The van der Waals surface area contributed by atoms with Crippen molar-refractivity contribution >= 4 is 12.1 Å². The Morgan fingerprint density at radius 1 is 1.53 bits per heavy atom. The minimum atomic E-state index is -5.10. The molecule has 0 atom stereocenters. The minimum absolute atomic E-state index is 0.213. The predicted octanol–water partition coefficient (Wildman–Crippen LogP) is 2.01. The van der Waals surface area contributed by atoms with E-state index in [9.17, 15) is 28.1 Å². The molecule has 0 saturated heterocycles. The van der Waals surface area contributed by atoms with E-state index >= 15 is 0 Å². The van der Waals surface area contributed by atoms with Crippen molar-refractivity contribution in [1.82, 2.24) is 4.98 Å². The molecule has 1 rings (SSSR count). The molecular formula is C8H5F3N2O4. The van der Waals surface area contributed by atoms with E-state index in [1.165, 1.54) is 0 Å². The number of ether oxygens (including phenoxy) is 1. The van der Waals surface area contributed by atoms with Gasteiger partial charge in [-0.1, -0.05) is 0 Å². The normalized spacial score (nSPS) is 11.1.